The Morgan fingerprint density at radius 2 is 0.870 bits per heavy atom. The highest BCUT2D eigenvalue weighted by molar-refractivity contribution is 5.86. The van der Waals surface area contributed by atoms with Gasteiger partial charge in [0.15, 0.2) is 0 Å². The molecule has 0 bridgehead atoms. The first kappa shape index (κ1) is 37.8. The van der Waals surface area contributed by atoms with Crippen LogP contribution < -0.4 is 0 Å². The molecular formula is C42H66N2O2. The fourth-order valence-corrected chi connectivity index (χ4v) is 7.62. The van der Waals surface area contributed by atoms with Crippen LogP contribution in [-0.4, -0.2) is 34.7 Å². The molecule has 1 aliphatic carbocycles. The summed E-state index contributed by atoms with van der Waals surface area (Å²) < 4.78 is 0. The topological polar surface area (TPSA) is 65.2 Å². The van der Waals surface area contributed by atoms with Crippen LogP contribution in [0.3, 0.4) is 0 Å². The smallest absolute Gasteiger partial charge is 0.128 e. The van der Waals surface area contributed by atoms with Gasteiger partial charge in [0.25, 0.3) is 0 Å². The molecule has 3 rings (SSSR count). The number of aliphatic imine (C=N–C) groups is 2. The maximum Gasteiger partial charge on any atom is 0.128 e. The highest BCUT2D eigenvalue weighted by Gasteiger charge is 2.34. The summed E-state index contributed by atoms with van der Waals surface area (Å²) in [6.45, 7) is 26.8. The summed E-state index contributed by atoms with van der Waals surface area (Å²) in [7, 11) is 0. The van der Waals surface area contributed by atoms with Crippen LogP contribution in [0.25, 0.3) is 0 Å². The van der Waals surface area contributed by atoms with Crippen LogP contribution in [0.5, 0.6) is 11.5 Å². The number of aromatic hydroxyl groups is 2. The van der Waals surface area contributed by atoms with Crippen LogP contribution in [0, 0.1) is 0 Å². The van der Waals surface area contributed by atoms with Gasteiger partial charge in [0.05, 0.1) is 12.1 Å². The molecule has 0 saturated heterocycles. The van der Waals surface area contributed by atoms with E-state index >= 15 is 0 Å². The maximum atomic E-state index is 11.7. The number of benzene rings is 2. The summed E-state index contributed by atoms with van der Waals surface area (Å²) in [5.74, 6) is 0.752. The molecule has 2 N–H and O–H groups in total. The van der Waals surface area contributed by atoms with E-state index in [0.29, 0.717) is 11.5 Å². The molecule has 2 aromatic rings. The highest BCUT2D eigenvalue weighted by Crippen LogP contribution is 2.45. The minimum absolute atomic E-state index is 0.0350. The van der Waals surface area contributed by atoms with Crippen molar-refractivity contribution in [2.75, 3.05) is 0 Å². The quantitative estimate of drug-likeness (QED) is 0.229. The average molecular weight is 631 g/mol. The Labute approximate surface area is 282 Å². The van der Waals surface area contributed by atoms with Crippen LogP contribution in [0.1, 0.15) is 181 Å². The van der Waals surface area contributed by atoms with Crippen molar-refractivity contribution >= 4 is 12.4 Å². The fraction of sp³-hybridized carbons (Fsp3) is 0.667. The zero-order valence-corrected chi connectivity index (χ0v) is 31.5. The van der Waals surface area contributed by atoms with Gasteiger partial charge in [0.2, 0.25) is 0 Å². The van der Waals surface area contributed by atoms with E-state index in [1.165, 1.54) is 11.1 Å². The molecule has 0 amide bonds. The lowest BCUT2D eigenvalue weighted by molar-refractivity contribution is 0.356. The molecule has 0 aliphatic heterocycles. The number of phenolic OH excluding ortho intramolecular Hbond substituents is 2. The second-order valence-corrected chi connectivity index (χ2v) is 16.1. The number of phenols is 2. The third kappa shape index (κ3) is 7.91. The Morgan fingerprint density at radius 1 is 0.565 bits per heavy atom. The molecule has 2 atom stereocenters. The second kappa shape index (κ2) is 15.1. The Kier molecular flexibility index (Phi) is 12.4. The SMILES string of the molecule is CCC(CC)(CC)c1cc(C(C)(C)C)cc(C=NC2CCCCC2N=Cc2cc(C(C)(C)C)cc(C(CC)(CC)CC)c2O)c1O. The van der Waals surface area contributed by atoms with Crippen LogP contribution in [-0.2, 0) is 21.7 Å². The lowest BCUT2D eigenvalue weighted by atomic mass is 9.71. The largest absolute Gasteiger partial charge is 0.507 e. The van der Waals surface area contributed by atoms with Crippen molar-refractivity contribution in [1.82, 2.24) is 0 Å². The minimum Gasteiger partial charge on any atom is -0.507 e. The lowest BCUT2D eigenvalue weighted by Crippen LogP contribution is -2.28. The van der Waals surface area contributed by atoms with Crippen molar-refractivity contribution in [2.24, 2.45) is 9.98 Å². The van der Waals surface area contributed by atoms with Crippen molar-refractivity contribution in [1.29, 1.82) is 0 Å². The molecule has 1 saturated carbocycles. The van der Waals surface area contributed by atoms with Gasteiger partial charge in [0, 0.05) is 34.7 Å². The first-order valence-corrected chi connectivity index (χ1v) is 18.4. The summed E-state index contributed by atoms with van der Waals surface area (Å²) in [5.41, 5.74) is 5.99. The average Bonchev–Trinajstić information content (AvgIpc) is 3.02. The van der Waals surface area contributed by atoms with E-state index < -0.39 is 0 Å². The van der Waals surface area contributed by atoms with Crippen molar-refractivity contribution in [3.8, 4) is 11.5 Å². The third-order valence-electron chi connectivity index (χ3n) is 11.7. The molecule has 1 aliphatic rings. The molecule has 4 nitrogen and oxygen atoms in total. The van der Waals surface area contributed by atoms with Gasteiger partial charge in [0.1, 0.15) is 11.5 Å². The van der Waals surface area contributed by atoms with Crippen LogP contribution in [0.2, 0.25) is 0 Å². The summed E-state index contributed by atoms with van der Waals surface area (Å²) in [4.78, 5) is 10.3. The number of hydrogen-bond donors (Lipinski definition) is 2. The van der Waals surface area contributed by atoms with E-state index in [4.69, 9.17) is 9.98 Å². The van der Waals surface area contributed by atoms with Gasteiger partial charge in [-0.3, -0.25) is 9.98 Å². The molecule has 0 spiro atoms. The predicted octanol–water partition coefficient (Wildman–Crippen LogP) is 11.5. The molecule has 0 heterocycles. The Hall–Kier alpha value is -2.62. The molecule has 0 aromatic heterocycles. The van der Waals surface area contributed by atoms with Crippen LogP contribution in [0.4, 0.5) is 0 Å². The van der Waals surface area contributed by atoms with Crippen molar-refractivity contribution in [3.63, 3.8) is 0 Å². The zero-order chi connectivity index (χ0) is 34.5. The normalized spacial score (nSPS) is 18.6. The first-order valence-electron chi connectivity index (χ1n) is 18.4. The lowest BCUT2D eigenvalue weighted by Gasteiger charge is -2.34. The van der Waals surface area contributed by atoms with E-state index in [-0.39, 0.29) is 33.7 Å². The molecule has 256 valence electrons. The van der Waals surface area contributed by atoms with Crippen LogP contribution >= 0.6 is 0 Å². The molecule has 1 fully saturated rings. The summed E-state index contributed by atoms with van der Waals surface area (Å²) >= 11 is 0. The van der Waals surface area contributed by atoms with Crippen molar-refractivity contribution in [3.05, 3.63) is 57.6 Å². The molecule has 4 heteroatoms. The summed E-state index contributed by atoms with van der Waals surface area (Å²) in [6.07, 6.45) is 13.9. The van der Waals surface area contributed by atoms with Gasteiger partial charge in [-0.15, -0.1) is 0 Å². The minimum atomic E-state index is -0.0566. The second-order valence-electron chi connectivity index (χ2n) is 16.1. The van der Waals surface area contributed by atoms with E-state index in [2.05, 4.69) is 107 Å². The molecule has 2 unspecified atom stereocenters. The zero-order valence-electron chi connectivity index (χ0n) is 31.5. The Balaban J connectivity index is 2.07. The molecule has 2 aromatic carbocycles. The van der Waals surface area contributed by atoms with Gasteiger partial charge in [-0.2, -0.15) is 0 Å². The van der Waals surface area contributed by atoms with Gasteiger partial charge in [-0.1, -0.05) is 108 Å². The Bertz CT molecular complexity index is 1240. The molecule has 46 heavy (non-hydrogen) atoms. The van der Waals surface area contributed by atoms with Gasteiger partial charge in [-0.25, -0.2) is 0 Å². The summed E-state index contributed by atoms with van der Waals surface area (Å²) in [5, 5.41) is 23.4. The third-order valence-corrected chi connectivity index (χ3v) is 11.7. The van der Waals surface area contributed by atoms with E-state index in [9.17, 15) is 10.2 Å². The van der Waals surface area contributed by atoms with Crippen molar-refractivity contribution in [2.45, 2.75) is 181 Å². The van der Waals surface area contributed by atoms with E-state index in [0.717, 1.165) is 86.5 Å². The fourth-order valence-electron chi connectivity index (χ4n) is 7.62. The predicted molar refractivity (Wildman–Crippen MR) is 200 cm³/mol. The van der Waals surface area contributed by atoms with E-state index in [1.807, 2.05) is 12.4 Å². The van der Waals surface area contributed by atoms with Gasteiger partial charge >= 0.3 is 0 Å². The standard InChI is InChI=1S/C42H66N2O2/c1-13-41(14-2,15-3)33-25-31(39(7,8)9)23-29(37(33)45)27-43-35-21-19-20-22-36(35)44-28-30-24-32(40(10,11)12)26-34(38(30)46)42(16-4,17-5)18-6/h23-28,35-36,45-46H,13-22H2,1-12H3. The number of rotatable bonds is 12. The maximum absolute atomic E-state index is 11.7. The van der Waals surface area contributed by atoms with Gasteiger partial charge in [-0.05, 0) is 96.3 Å². The molecule has 0 radical (unpaired) electrons. The number of hydrogen-bond acceptors (Lipinski definition) is 4. The first-order chi connectivity index (χ1) is 21.6. The van der Waals surface area contributed by atoms with Crippen molar-refractivity contribution < 1.29 is 10.2 Å². The molecular weight excluding hydrogens is 564 g/mol. The van der Waals surface area contributed by atoms with Gasteiger partial charge < -0.3 is 10.2 Å². The summed E-state index contributed by atoms with van der Waals surface area (Å²) in [6, 6.07) is 8.82. The Morgan fingerprint density at radius 3 is 1.13 bits per heavy atom. The van der Waals surface area contributed by atoms with Crippen LogP contribution in [0.15, 0.2) is 34.3 Å². The van der Waals surface area contributed by atoms with E-state index in [1.54, 1.807) is 0 Å². The number of nitrogens with zero attached hydrogens (tertiary/aromatic N) is 2. The monoisotopic (exact) mass is 631 g/mol. The highest BCUT2D eigenvalue weighted by atomic mass is 16.3.